The summed E-state index contributed by atoms with van der Waals surface area (Å²) in [7, 11) is 2.07. The average Bonchev–Trinajstić information content (AvgIpc) is 2.30. The molecule has 0 fully saturated rings. The van der Waals surface area contributed by atoms with Gasteiger partial charge in [0.25, 0.3) is 0 Å². The summed E-state index contributed by atoms with van der Waals surface area (Å²) in [5, 5.41) is 3.41. The van der Waals surface area contributed by atoms with Gasteiger partial charge in [-0.3, -0.25) is 0 Å². The summed E-state index contributed by atoms with van der Waals surface area (Å²) in [5.41, 5.74) is 0. The van der Waals surface area contributed by atoms with Crippen LogP contribution >= 0.6 is 11.8 Å². The lowest BCUT2D eigenvalue weighted by atomic mass is 10.0. The molecule has 0 saturated carbocycles. The quantitative estimate of drug-likeness (QED) is 0.724. The topological polar surface area (TPSA) is 12.0 Å². The Morgan fingerprint density at radius 3 is 2.38 bits per heavy atom. The number of thioether (sulfide) groups is 1. The van der Waals surface area contributed by atoms with Crippen molar-refractivity contribution in [2.45, 2.75) is 37.6 Å². The molecule has 0 aliphatic carbocycles. The van der Waals surface area contributed by atoms with E-state index in [9.17, 15) is 0 Å². The zero-order valence-electron chi connectivity index (χ0n) is 10.6. The Bertz CT molecular complexity index is 271. The number of nitrogens with one attached hydrogen (secondary N) is 1. The number of hydrogen-bond acceptors (Lipinski definition) is 2. The monoisotopic (exact) mass is 237 g/mol. The lowest BCUT2D eigenvalue weighted by Crippen LogP contribution is -2.27. The molecule has 0 radical (unpaired) electrons. The first-order valence-electron chi connectivity index (χ1n) is 6.07. The van der Waals surface area contributed by atoms with Crippen molar-refractivity contribution in [3.05, 3.63) is 30.3 Å². The van der Waals surface area contributed by atoms with Gasteiger partial charge < -0.3 is 5.32 Å². The predicted octanol–water partition coefficient (Wildman–Crippen LogP) is 3.80. The van der Waals surface area contributed by atoms with Gasteiger partial charge in [-0.25, -0.2) is 0 Å². The first-order valence-corrected chi connectivity index (χ1v) is 7.06. The van der Waals surface area contributed by atoms with E-state index < -0.39 is 0 Å². The Morgan fingerprint density at radius 1 is 1.12 bits per heavy atom. The Morgan fingerprint density at radius 2 is 1.81 bits per heavy atom. The largest absolute Gasteiger partial charge is 0.316 e. The molecule has 1 aromatic carbocycles. The van der Waals surface area contributed by atoms with Gasteiger partial charge in [0.2, 0.25) is 0 Å². The summed E-state index contributed by atoms with van der Waals surface area (Å²) in [4.78, 5) is 1.37. The first kappa shape index (κ1) is 13.6. The summed E-state index contributed by atoms with van der Waals surface area (Å²) in [6.07, 6.45) is 2.58. The van der Waals surface area contributed by atoms with Crippen LogP contribution in [0.3, 0.4) is 0 Å². The van der Waals surface area contributed by atoms with Crippen LogP contribution in [-0.2, 0) is 0 Å². The van der Waals surface area contributed by atoms with Gasteiger partial charge in [-0.15, -0.1) is 11.8 Å². The molecule has 0 spiro atoms. The molecular formula is C14H23NS. The van der Waals surface area contributed by atoms with Crippen molar-refractivity contribution in [2.75, 3.05) is 12.8 Å². The molecule has 1 atom stereocenters. The second kappa shape index (κ2) is 7.75. The van der Waals surface area contributed by atoms with E-state index in [1.807, 2.05) is 11.8 Å². The molecule has 0 aliphatic rings. The molecule has 1 aromatic rings. The van der Waals surface area contributed by atoms with E-state index in [1.54, 1.807) is 0 Å². The van der Waals surface area contributed by atoms with Gasteiger partial charge in [-0.05, 0) is 37.9 Å². The third-order valence-corrected chi connectivity index (χ3v) is 3.87. The Labute approximate surface area is 104 Å². The smallest absolute Gasteiger partial charge is 0.0158 e. The molecule has 1 nitrogen and oxygen atoms in total. The van der Waals surface area contributed by atoms with Crippen LogP contribution in [0.2, 0.25) is 0 Å². The Kier molecular flexibility index (Phi) is 6.58. The van der Waals surface area contributed by atoms with Gasteiger partial charge in [0.15, 0.2) is 0 Å². The fourth-order valence-electron chi connectivity index (χ4n) is 1.56. The van der Waals surface area contributed by atoms with E-state index >= 15 is 0 Å². The number of benzene rings is 1. The second-order valence-corrected chi connectivity index (χ2v) is 5.67. The predicted molar refractivity (Wildman–Crippen MR) is 74.1 cm³/mol. The molecule has 2 heteroatoms. The minimum absolute atomic E-state index is 0.632. The van der Waals surface area contributed by atoms with Gasteiger partial charge >= 0.3 is 0 Å². The highest BCUT2D eigenvalue weighted by molar-refractivity contribution is 7.99. The minimum Gasteiger partial charge on any atom is -0.316 e. The fourth-order valence-corrected chi connectivity index (χ4v) is 2.64. The highest BCUT2D eigenvalue weighted by Crippen LogP contribution is 2.19. The SMILES string of the molecule is CNC(CCC(C)C)CSc1ccccc1. The molecule has 1 rings (SSSR count). The molecule has 0 saturated heterocycles. The van der Waals surface area contributed by atoms with Crippen molar-refractivity contribution >= 4 is 11.8 Å². The third kappa shape index (κ3) is 5.57. The lowest BCUT2D eigenvalue weighted by Gasteiger charge is -2.16. The molecule has 0 aromatic heterocycles. The zero-order valence-corrected chi connectivity index (χ0v) is 11.4. The molecule has 0 amide bonds. The van der Waals surface area contributed by atoms with E-state index in [2.05, 4.69) is 56.5 Å². The summed E-state index contributed by atoms with van der Waals surface area (Å²) in [6, 6.07) is 11.3. The summed E-state index contributed by atoms with van der Waals surface area (Å²) < 4.78 is 0. The minimum atomic E-state index is 0.632. The maximum atomic E-state index is 3.41. The second-order valence-electron chi connectivity index (χ2n) is 4.58. The van der Waals surface area contributed by atoms with Crippen LogP contribution in [-0.4, -0.2) is 18.8 Å². The molecule has 0 bridgehead atoms. The highest BCUT2D eigenvalue weighted by atomic mass is 32.2. The Balaban J connectivity index is 2.28. The van der Waals surface area contributed by atoms with E-state index in [0.717, 1.165) is 11.7 Å². The van der Waals surface area contributed by atoms with Crippen molar-refractivity contribution in [2.24, 2.45) is 5.92 Å². The molecular weight excluding hydrogens is 214 g/mol. The van der Waals surface area contributed by atoms with Crippen LogP contribution in [0.1, 0.15) is 26.7 Å². The van der Waals surface area contributed by atoms with E-state index in [1.165, 1.54) is 17.7 Å². The fraction of sp³-hybridized carbons (Fsp3) is 0.571. The van der Waals surface area contributed by atoms with Crippen molar-refractivity contribution in [3.8, 4) is 0 Å². The normalized spacial score (nSPS) is 13.0. The molecule has 90 valence electrons. The first-order chi connectivity index (χ1) is 7.72. The Hall–Kier alpha value is -0.470. The van der Waals surface area contributed by atoms with Gasteiger partial charge in [0, 0.05) is 16.7 Å². The molecule has 0 heterocycles. The van der Waals surface area contributed by atoms with Crippen molar-refractivity contribution in [1.82, 2.24) is 5.32 Å². The van der Waals surface area contributed by atoms with E-state index in [4.69, 9.17) is 0 Å². The van der Waals surface area contributed by atoms with E-state index in [-0.39, 0.29) is 0 Å². The van der Waals surface area contributed by atoms with Crippen molar-refractivity contribution in [3.63, 3.8) is 0 Å². The average molecular weight is 237 g/mol. The number of hydrogen-bond donors (Lipinski definition) is 1. The number of rotatable bonds is 7. The van der Waals surface area contributed by atoms with Crippen LogP contribution in [0.15, 0.2) is 35.2 Å². The van der Waals surface area contributed by atoms with Crippen LogP contribution < -0.4 is 5.32 Å². The van der Waals surface area contributed by atoms with Crippen molar-refractivity contribution in [1.29, 1.82) is 0 Å². The zero-order chi connectivity index (χ0) is 11.8. The van der Waals surface area contributed by atoms with Crippen LogP contribution in [0.4, 0.5) is 0 Å². The third-order valence-electron chi connectivity index (χ3n) is 2.70. The van der Waals surface area contributed by atoms with Gasteiger partial charge in [0.1, 0.15) is 0 Å². The lowest BCUT2D eigenvalue weighted by molar-refractivity contribution is 0.479. The molecule has 16 heavy (non-hydrogen) atoms. The van der Waals surface area contributed by atoms with Crippen LogP contribution in [0.25, 0.3) is 0 Å². The standard InChI is InChI=1S/C14H23NS/c1-12(2)9-10-13(15-3)11-16-14-7-5-4-6-8-14/h4-8,12-13,15H,9-11H2,1-3H3. The molecule has 1 N–H and O–H groups in total. The highest BCUT2D eigenvalue weighted by Gasteiger charge is 2.07. The molecule has 1 unspecified atom stereocenters. The van der Waals surface area contributed by atoms with Crippen molar-refractivity contribution < 1.29 is 0 Å². The van der Waals surface area contributed by atoms with E-state index in [0.29, 0.717) is 6.04 Å². The van der Waals surface area contributed by atoms with Gasteiger partial charge in [0.05, 0.1) is 0 Å². The van der Waals surface area contributed by atoms with Crippen LogP contribution in [0.5, 0.6) is 0 Å². The maximum Gasteiger partial charge on any atom is 0.0158 e. The van der Waals surface area contributed by atoms with Crippen LogP contribution in [0, 0.1) is 5.92 Å². The van der Waals surface area contributed by atoms with Gasteiger partial charge in [-0.2, -0.15) is 0 Å². The molecule has 0 aliphatic heterocycles. The summed E-state index contributed by atoms with van der Waals surface area (Å²) in [5.74, 6) is 1.96. The summed E-state index contributed by atoms with van der Waals surface area (Å²) >= 11 is 1.94. The summed E-state index contributed by atoms with van der Waals surface area (Å²) in [6.45, 7) is 4.58. The maximum absolute atomic E-state index is 3.41. The van der Waals surface area contributed by atoms with Gasteiger partial charge in [-0.1, -0.05) is 32.0 Å².